The minimum absolute atomic E-state index is 0.119. The van der Waals surface area contributed by atoms with E-state index < -0.39 is 0 Å². The van der Waals surface area contributed by atoms with Crippen LogP contribution in [0.5, 0.6) is 5.75 Å². The molecule has 6 heteroatoms. The smallest absolute Gasteiger partial charge is 0.139 e. The van der Waals surface area contributed by atoms with Crippen molar-refractivity contribution >= 4 is 0 Å². The number of hydrogen-bond donors (Lipinski definition) is 0. The highest BCUT2D eigenvalue weighted by Crippen LogP contribution is 2.34. The number of hydrogen-bond acceptors (Lipinski definition) is 4. The molecule has 0 aliphatic carbocycles. The van der Waals surface area contributed by atoms with E-state index in [2.05, 4.69) is 20.7 Å². The Labute approximate surface area is 148 Å². The van der Waals surface area contributed by atoms with Gasteiger partial charge in [0.25, 0.3) is 0 Å². The number of aromatic nitrogens is 4. The zero-order valence-electron chi connectivity index (χ0n) is 15.1. The largest absolute Gasteiger partial charge is 0.493 e. The third-order valence-electron chi connectivity index (χ3n) is 4.13. The van der Waals surface area contributed by atoms with Crippen LogP contribution in [0.3, 0.4) is 0 Å². The molecule has 3 rings (SSSR count). The third-order valence-corrected chi connectivity index (χ3v) is 4.13. The molecule has 1 atom stereocenters. The lowest BCUT2D eigenvalue weighted by atomic mass is 10.0. The van der Waals surface area contributed by atoms with Crippen LogP contribution in [0.1, 0.15) is 13.8 Å². The molecule has 2 heterocycles. The van der Waals surface area contributed by atoms with Crippen molar-refractivity contribution in [2.75, 3.05) is 13.7 Å². The minimum Gasteiger partial charge on any atom is -0.493 e. The lowest BCUT2D eigenvalue weighted by molar-refractivity contribution is 0.103. The first-order valence-electron chi connectivity index (χ1n) is 8.42. The number of imidazole rings is 1. The Balaban J connectivity index is 2.03. The van der Waals surface area contributed by atoms with E-state index in [0.717, 1.165) is 34.8 Å². The van der Waals surface area contributed by atoms with E-state index in [1.165, 1.54) is 0 Å². The molecule has 3 aromatic rings. The van der Waals surface area contributed by atoms with Gasteiger partial charge >= 0.3 is 0 Å². The van der Waals surface area contributed by atoms with Gasteiger partial charge in [-0.2, -0.15) is 5.10 Å². The highest BCUT2D eigenvalue weighted by Gasteiger charge is 2.14. The lowest BCUT2D eigenvalue weighted by Gasteiger charge is -2.15. The maximum Gasteiger partial charge on any atom is 0.139 e. The molecule has 0 bridgehead atoms. The molecule has 132 valence electrons. The molecule has 0 saturated heterocycles. The number of aryl methyl sites for hydroxylation is 1. The summed E-state index contributed by atoms with van der Waals surface area (Å²) in [6.07, 6.45) is 7.75. The molecule has 0 amide bonds. The Kier molecular flexibility index (Phi) is 5.19. The number of benzene rings is 1. The molecule has 0 spiro atoms. The van der Waals surface area contributed by atoms with Crippen molar-refractivity contribution in [1.82, 2.24) is 19.3 Å². The molecule has 25 heavy (non-hydrogen) atoms. The Morgan fingerprint density at radius 3 is 2.76 bits per heavy atom. The topological polar surface area (TPSA) is 54.1 Å². The van der Waals surface area contributed by atoms with Crippen LogP contribution in [0.2, 0.25) is 0 Å². The van der Waals surface area contributed by atoms with Crippen molar-refractivity contribution in [2.45, 2.75) is 26.5 Å². The molecule has 0 radical (unpaired) electrons. The number of nitrogens with zero attached hydrogens (tertiary/aromatic N) is 4. The SMILES string of the molecule is CCOc1ccc(-c2nccn2CC(C)OC)cc1-c1cnn(C)c1. The summed E-state index contributed by atoms with van der Waals surface area (Å²) in [5.41, 5.74) is 3.08. The molecule has 6 nitrogen and oxygen atoms in total. The van der Waals surface area contributed by atoms with E-state index in [1.54, 1.807) is 11.8 Å². The fourth-order valence-corrected chi connectivity index (χ4v) is 2.80. The van der Waals surface area contributed by atoms with Crippen LogP contribution in [-0.2, 0) is 18.3 Å². The van der Waals surface area contributed by atoms with Crippen LogP contribution in [0.25, 0.3) is 22.5 Å². The van der Waals surface area contributed by atoms with E-state index in [4.69, 9.17) is 9.47 Å². The second kappa shape index (κ2) is 7.53. The summed E-state index contributed by atoms with van der Waals surface area (Å²) in [6.45, 7) is 5.40. The highest BCUT2D eigenvalue weighted by atomic mass is 16.5. The average Bonchev–Trinajstić information content (AvgIpc) is 3.24. The Hall–Kier alpha value is -2.60. The van der Waals surface area contributed by atoms with Crippen LogP contribution >= 0.6 is 0 Å². The summed E-state index contributed by atoms with van der Waals surface area (Å²) in [5, 5.41) is 4.28. The summed E-state index contributed by atoms with van der Waals surface area (Å²) >= 11 is 0. The molecule has 0 aliphatic rings. The predicted octanol–water partition coefficient (Wildman–Crippen LogP) is 3.38. The summed E-state index contributed by atoms with van der Waals surface area (Å²) in [6, 6.07) is 6.15. The van der Waals surface area contributed by atoms with Crippen molar-refractivity contribution < 1.29 is 9.47 Å². The van der Waals surface area contributed by atoms with Gasteiger partial charge in [-0.15, -0.1) is 0 Å². The fraction of sp³-hybridized carbons (Fsp3) is 0.368. The van der Waals surface area contributed by atoms with Crippen LogP contribution in [0.4, 0.5) is 0 Å². The fourth-order valence-electron chi connectivity index (χ4n) is 2.80. The lowest BCUT2D eigenvalue weighted by Crippen LogP contribution is -2.14. The van der Waals surface area contributed by atoms with Gasteiger partial charge in [-0.05, 0) is 32.0 Å². The first kappa shape index (κ1) is 17.2. The predicted molar refractivity (Wildman–Crippen MR) is 97.5 cm³/mol. The molecule has 0 saturated carbocycles. The standard InChI is InChI=1S/C19H24N4O2/c1-5-25-18-7-6-15(10-17(18)16-11-21-22(3)13-16)19-20-8-9-23(19)12-14(2)24-4/h6-11,13-14H,5,12H2,1-4H3. The van der Waals surface area contributed by atoms with Gasteiger partial charge in [0.15, 0.2) is 0 Å². The average molecular weight is 340 g/mol. The van der Waals surface area contributed by atoms with Crippen LogP contribution < -0.4 is 4.74 Å². The minimum atomic E-state index is 0.119. The van der Waals surface area contributed by atoms with Gasteiger partial charge in [0.2, 0.25) is 0 Å². The maximum atomic E-state index is 5.80. The zero-order chi connectivity index (χ0) is 17.8. The first-order chi connectivity index (χ1) is 12.1. The van der Waals surface area contributed by atoms with Crippen molar-refractivity contribution in [1.29, 1.82) is 0 Å². The van der Waals surface area contributed by atoms with Crippen molar-refractivity contribution in [3.8, 4) is 28.3 Å². The molecule has 1 unspecified atom stereocenters. The molecule has 0 N–H and O–H groups in total. The van der Waals surface area contributed by atoms with Crippen molar-refractivity contribution in [3.05, 3.63) is 43.0 Å². The Morgan fingerprint density at radius 2 is 2.08 bits per heavy atom. The van der Waals surface area contributed by atoms with E-state index in [0.29, 0.717) is 6.61 Å². The van der Waals surface area contributed by atoms with Crippen molar-refractivity contribution in [2.24, 2.45) is 7.05 Å². The molecule has 1 aromatic carbocycles. The second-order valence-corrected chi connectivity index (χ2v) is 6.00. The summed E-state index contributed by atoms with van der Waals surface area (Å²) < 4.78 is 15.1. The second-order valence-electron chi connectivity index (χ2n) is 6.00. The normalized spacial score (nSPS) is 12.3. The number of ether oxygens (including phenoxy) is 2. The first-order valence-corrected chi connectivity index (χ1v) is 8.42. The zero-order valence-corrected chi connectivity index (χ0v) is 15.1. The van der Waals surface area contributed by atoms with Crippen LogP contribution in [0.15, 0.2) is 43.0 Å². The molecule has 2 aromatic heterocycles. The highest BCUT2D eigenvalue weighted by molar-refractivity contribution is 5.75. The van der Waals surface area contributed by atoms with Gasteiger partial charge < -0.3 is 14.0 Å². The summed E-state index contributed by atoms with van der Waals surface area (Å²) in [7, 11) is 3.63. The van der Waals surface area contributed by atoms with Gasteiger partial charge in [0, 0.05) is 49.4 Å². The summed E-state index contributed by atoms with van der Waals surface area (Å²) in [5.74, 6) is 1.76. The quantitative estimate of drug-likeness (QED) is 0.661. The maximum absolute atomic E-state index is 5.80. The van der Waals surface area contributed by atoms with E-state index in [1.807, 2.05) is 57.8 Å². The number of rotatable bonds is 7. The van der Waals surface area contributed by atoms with Gasteiger partial charge in [0.05, 0.1) is 25.5 Å². The molecular formula is C19H24N4O2. The van der Waals surface area contributed by atoms with Crippen molar-refractivity contribution in [3.63, 3.8) is 0 Å². The van der Waals surface area contributed by atoms with Crippen LogP contribution in [0, 0.1) is 0 Å². The van der Waals surface area contributed by atoms with Crippen LogP contribution in [-0.4, -0.2) is 39.2 Å². The molecule has 0 aliphatic heterocycles. The molecule has 0 fully saturated rings. The van der Waals surface area contributed by atoms with Gasteiger partial charge in [-0.1, -0.05) is 0 Å². The monoisotopic (exact) mass is 340 g/mol. The summed E-state index contributed by atoms with van der Waals surface area (Å²) in [4.78, 5) is 4.54. The van der Waals surface area contributed by atoms with E-state index in [9.17, 15) is 0 Å². The van der Waals surface area contributed by atoms with Gasteiger partial charge in [-0.3, -0.25) is 4.68 Å². The van der Waals surface area contributed by atoms with E-state index >= 15 is 0 Å². The number of methoxy groups -OCH3 is 1. The molecular weight excluding hydrogens is 316 g/mol. The van der Waals surface area contributed by atoms with E-state index in [-0.39, 0.29) is 6.10 Å². The van der Waals surface area contributed by atoms with Gasteiger partial charge in [0.1, 0.15) is 11.6 Å². The third kappa shape index (κ3) is 3.74. The Morgan fingerprint density at radius 1 is 1.24 bits per heavy atom. The van der Waals surface area contributed by atoms with Gasteiger partial charge in [-0.25, -0.2) is 4.98 Å². The Bertz CT molecular complexity index is 838.